The molecule has 0 aliphatic carbocycles. The number of amides is 2. The molecule has 1 atom stereocenters. The first kappa shape index (κ1) is 27.4. The van der Waals surface area contributed by atoms with Crippen molar-refractivity contribution >= 4 is 34.1 Å². The van der Waals surface area contributed by atoms with Crippen molar-refractivity contribution in [2.24, 2.45) is 10.4 Å². The van der Waals surface area contributed by atoms with E-state index in [0.717, 1.165) is 26.1 Å². The monoisotopic (exact) mass is 601 g/mol. The fourth-order valence-corrected chi connectivity index (χ4v) is 5.15. The van der Waals surface area contributed by atoms with E-state index in [1.54, 1.807) is 53.9 Å². The number of hydrogen-bond acceptors (Lipinski definition) is 9. The summed E-state index contributed by atoms with van der Waals surface area (Å²) in [5.41, 5.74) is -0.681. The maximum absolute atomic E-state index is 13.3. The van der Waals surface area contributed by atoms with Gasteiger partial charge in [-0.3, -0.25) is 4.98 Å². The molecule has 2 aromatic rings. The summed E-state index contributed by atoms with van der Waals surface area (Å²) in [6, 6.07) is 7.64. The van der Waals surface area contributed by atoms with Crippen molar-refractivity contribution < 1.29 is 33.3 Å². The van der Waals surface area contributed by atoms with Gasteiger partial charge < -0.3 is 23.7 Å². The Kier molecular flexibility index (Phi) is 6.66. The normalized spacial score (nSPS) is 21.3. The molecule has 0 N–H and O–H groups in total. The zero-order valence-electron chi connectivity index (χ0n) is 22.9. The van der Waals surface area contributed by atoms with E-state index < -0.39 is 34.3 Å². The zero-order valence-corrected chi connectivity index (χ0v) is 24.5. The lowest BCUT2D eigenvalue weighted by Gasteiger charge is -2.53. The number of carbonyl (C=O) groups is 2. The zero-order chi connectivity index (χ0) is 28.2. The molecular formula is C28H32BrN3O7. The second-order valence-electron chi connectivity index (χ2n) is 12.0. The van der Waals surface area contributed by atoms with E-state index in [4.69, 9.17) is 28.7 Å². The van der Waals surface area contributed by atoms with E-state index in [0.29, 0.717) is 25.6 Å². The van der Waals surface area contributed by atoms with Crippen LogP contribution in [0.5, 0.6) is 5.75 Å². The van der Waals surface area contributed by atoms with Crippen molar-refractivity contribution in [1.82, 2.24) is 9.88 Å². The summed E-state index contributed by atoms with van der Waals surface area (Å²) in [7, 11) is 0. The standard InChI is InChI=1S/C28H32BrN3O7/c1-25(2,3)38-23(33)32(24(34)39-26(4,5)6)22-31-28(16-37-22)20-10-17(18-9-19(29)12-30-11-18)7-8-21(20)36-15-27(28)13-35-14-27/h7-12H,13-16H2,1-6H3. The van der Waals surface area contributed by atoms with Gasteiger partial charge in [0, 0.05) is 28.0 Å². The lowest BCUT2D eigenvalue weighted by molar-refractivity contribution is -0.185. The predicted molar refractivity (Wildman–Crippen MR) is 145 cm³/mol. The van der Waals surface area contributed by atoms with Gasteiger partial charge in [0.05, 0.1) is 18.6 Å². The Balaban J connectivity index is 1.62. The summed E-state index contributed by atoms with van der Waals surface area (Å²) in [6.07, 6.45) is 1.62. The molecule has 3 aliphatic rings. The molecule has 2 amide bonds. The molecule has 5 rings (SSSR count). The number of pyridine rings is 1. The fraction of sp³-hybridized carbons (Fsp3) is 0.500. The molecule has 0 bridgehead atoms. The highest BCUT2D eigenvalue weighted by molar-refractivity contribution is 9.10. The highest BCUT2D eigenvalue weighted by atomic mass is 79.9. The Morgan fingerprint density at radius 2 is 1.56 bits per heavy atom. The van der Waals surface area contributed by atoms with E-state index in [9.17, 15) is 9.59 Å². The molecule has 39 heavy (non-hydrogen) atoms. The van der Waals surface area contributed by atoms with Crippen LogP contribution in [0.15, 0.2) is 46.1 Å². The predicted octanol–water partition coefficient (Wildman–Crippen LogP) is 5.67. The third kappa shape index (κ3) is 5.09. The number of carbonyl (C=O) groups excluding carboxylic acids is 2. The Bertz CT molecular complexity index is 1320. The van der Waals surface area contributed by atoms with E-state index in [2.05, 4.69) is 20.9 Å². The average Bonchev–Trinajstić information content (AvgIpc) is 3.21. The quantitative estimate of drug-likeness (QED) is 0.411. The number of benzene rings is 1. The maximum Gasteiger partial charge on any atom is 0.428 e. The molecule has 3 aliphatic heterocycles. The van der Waals surface area contributed by atoms with Gasteiger partial charge in [-0.2, -0.15) is 0 Å². The molecule has 0 saturated carbocycles. The van der Waals surface area contributed by atoms with Crippen LogP contribution in [0.4, 0.5) is 9.59 Å². The summed E-state index contributed by atoms with van der Waals surface area (Å²) in [5.74, 6) is 0.647. The maximum atomic E-state index is 13.3. The molecule has 1 aromatic carbocycles. The van der Waals surface area contributed by atoms with Crippen LogP contribution in [0.2, 0.25) is 0 Å². The number of imide groups is 1. The molecule has 1 unspecified atom stereocenters. The van der Waals surface area contributed by atoms with Crippen LogP contribution < -0.4 is 4.74 Å². The van der Waals surface area contributed by atoms with Crippen LogP contribution in [0.25, 0.3) is 11.1 Å². The SMILES string of the molecule is CC(C)(C)OC(=O)N(C(=O)OC(C)(C)C)C1=NC2(CO1)c1cc(-c3cncc(Br)c3)ccc1OCC21COC1. The largest absolute Gasteiger partial charge is 0.492 e. The number of aromatic nitrogens is 1. The summed E-state index contributed by atoms with van der Waals surface area (Å²) in [5, 5.41) is 0. The van der Waals surface area contributed by atoms with Crippen molar-refractivity contribution in [3.63, 3.8) is 0 Å². The van der Waals surface area contributed by atoms with Gasteiger partial charge in [0.2, 0.25) is 0 Å². The first-order valence-electron chi connectivity index (χ1n) is 12.7. The number of hydrogen-bond donors (Lipinski definition) is 0. The molecule has 0 radical (unpaired) electrons. The molecule has 4 heterocycles. The Morgan fingerprint density at radius 3 is 2.13 bits per heavy atom. The van der Waals surface area contributed by atoms with E-state index in [-0.39, 0.29) is 12.6 Å². The summed E-state index contributed by atoms with van der Waals surface area (Å²) in [6.45, 7) is 11.5. The minimum Gasteiger partial charge on any atom is -0.492 e. The number of aliphatic imine (C=N–C) groups is 1. The van der Waals surface area contributed by atoms with Gasteiger partial charge in [0.1, 0.15) is 35.7 Å². The van der Waals surface area contributed by atoms with E-state index in [1.807, 2.05) is 24.3 Å². The van der Waals surface area contributed by atoms with Gasteiger partial charge in [0.25, 0.3) is 0 Å². The van der Waals surface area contributed by atoms with Gasteiger partial charge >= 0.3 is 18.2 Å². The minimum absolute atomic E-state index is 0.0737. The molecule has 1 saturated heterocycles. The van der Waals surface area contributed by atoms with Crippen LogP contribution >= 0.6 is 15.9 Å². The molecule has 10 nitrogen and oxygen atoms in total. The van der Waals surface area contributed by atoms with Gasteiger partial charge in [-0.15, -0.1) is 4.90 Å². The van der Waals surface area contributed by atoms with E-state index in [1.165, 1.54) is 0 Å². The number of nitrogens with zero attached hydrogens (tertiary/aromatic N) is 3. The molecule has 1 aromatic heterocycles. The number of halogens is 1. The van der Waals surface area contributed by atoms with Crippen LogP contribution in [0.3, 0.4) is 0 Å². The van der Waals surface area contributed by atoms with Crippen molar-refractivity contribution in [3.8, 4) is 16.9 Å². The minimum atomic E-state index is -0.980. The van der Waals surface area contributed by atoms with Crippen molar-refractivity contribution in [2.45, 2.75) is 58.3 Å². The summed E-state index contributed by atoms with van der Waals surface area (Å²) in [4.78, 5) is 36.6. The molecular weight excluding hydrogens is 570 g/mol. The molecule has 2 spiro atoms. The van der Waals surface area contributed by atoms with Crippen molar-refractivity contribution in [3.05, 3.63) is 46.7 Å². The smallest absolute Gasteiger partial charge is 0.428 e. The number of fused-ring (bicyclic) bond motifs is 3. The number of rotatable bonds is 1. The molecule has 11 heteroatoms. The molecule has 1 fully saturated rings. The number of ether oxygens (including phenoxy) is 5. The summed E-state index contributed by atoms with van der Waals surface area (Å²) >= 11 is 3.49. The van der Waals surface area contributed by atoms with Crippen LogP contribution in [-0.2, 0) is 24.5 Å². The van der Waals surface area contributed by atoms with Gasteiger partial charge in [-0.1, -0.05) is 6.07 Å². The average molecular weight is 602 g/mol. The molecule has 208 valence electrons. The highest BCUT2D eigenvalue weighted by Crippen LogP contribution is 2.56. The van der Waals surface area contributed by atoms with Gasteiger partial charge in [-0.25, -0.2) is 14.6 Å². The third-order valence-corrected chi connectivity index (χ3v) is 7.08. The Morgan fingerprint density at radius 1 is 0.897 bits per heavy atom. The van der Waals surface area contributed by atoms with Crippen molar-refractivity contribution in [2.75, 3.05) is 26.4 Å². The Labute approximate surface area is 235 Å². The first-order valence-corrected chi connectivity index (χ1v) is 13.5. The second kappa shape index (κ2) is 9.48. The topological polar surface area (TPSA) is 109 Å². The lowest BCUT2D eigenvalue weighted by atomic mass is 9.64. The van der Waals surface area contributed by atoms with Gasteiger partial charge in [0.15, 0.2) is 0 Å². The first-order chi connectivity index (χ1) is 18.2. The van der Waals surface area contributed by atoms with Crippen LogP contribution in [0, 0.1) is 5.41 Å². The van der Waals surface area contributed by atoms with Crippen LogP contribution in [-0.4, -0.2) is 65.7 Å². The Hall–Kier alpha value is -3.18. The van der Waals surface area contributed by atoms with Crippen LogP contribution in [0.1, 0.15) is 47.1 Å². The fourth-order valence-electron chi connectivity index (χ4n) is 4.79. The lowest BCUT2D eigenvalue weighted by Crippen LogP contribution is -2.63. The second-order valence-corrected chi connectivity index (χ2v) is 12.9. The van der Waals surface area contributed by atoms with Crippen molar-refractivity contribution in [1.29, 1.82) is 0 Å². The summed E-state index contributed by atoms with van der Waals surface area (Å²) < 4.78 is 29.8. The highest BCUT2D eigenvalue weighted by Gasteiger charge is 2.65. The third-order valence-electron chi connectivity index (χ3n) is 6.64. The van der Waals surface area contributed by atoms with Gasteiger partial charge in [-0.05, 0) is 81.2 Å². The number of amidine groups is 1. The van der Waals surface area contributed by atoms with E-state index >= 15 is 0 Å².